The minimum absolute atomic E-state index is 0.386. The van der Waals surface area contributed by atoms with E-state index in [2.05, 4.69) is 4.90 Å². The number of hydrogen-bond acceptors (Lipinski definition) is 2. The summed E-state index contributed by atoms with van der Waals surface area (Å²) in [6.45, 7) is 2.55. The standard InChI is InChI=1S/C10H17NO/c12-8-9-6-10(7-9)11-4-2-1-3-5-11/h8-10H,1-7H2. The number of carbonyl (C=O) groups excluding carboxylic acids is 1. The summed E-state index contributed by atoms with van der Waals surface area (Å²) in [6.07, 6.45) is 7.51. The third-order valence-corrected chi connectivity index (χ3v) is 3.25. The van der Waals surface area contributed by atoms with E-state index >= 15 is 0 Å². The molecule has 0 atom stereocenters. The molecule has 1 heterocycles. The van der Waals surface area contributed by atoms with Crippen LogP contribution in [0.25, 0.3) is 0 Å². The summed E-state index contributed by atoms with van der Waals surface area (Å²) >= 11 is 0. The molecule has 12 heavy (non-hydrogen) atoms. The predicted molar refractivity (Wildman–Crippen MR) is 48.0 cm³/mol. The van der Waals surface area contributed by atoms with Crippen molar-refractivity contribution in [3.63, 3.8) is 0 Å². The summed E-state index contributed by atoms with van der Waals surface area (Å²) in [6, 6.07) is 0.750. The van der Waals surface area contributed by atoms with Gasteiger partial charge >= 0.3 is 0 Å². The minimum Gasteiger partial charge on any atom is -0.303 e. The second-order valence-corrected chi connectivity index (χ2v) is 4.12. The number of nitrogens with zero attached hydrogens (tertiary/aromatic N) is 1. The molecule has 2 rings (SSSR count). The van der Waals surface area contributed by atoms with Crippen LogP contribution in [0.4, 0.5) is 0 Å². The molecule has 1 saturated carbocycles. The van der Waals surface area contributed by atoms with Crippen LogP contribution in [-0.4, -0.2) is 30.3 Å². The normalized spacial score (nSPS) is 37.3. The van der Waals surface area contributed by atoms with E-state index in [1.165, 1.54) is 32.4 Å². The summed E-state index contributed by atoms with van der Waals surface area (Å²) in [7, 11) is 0. The van der Waals surface area contributed by atoms with E-state index in [0.717, 1.165) is 25.2 Å². The molecule has 68 valence electrons. The minimum atomic E-state index is 0.386. The number of rotatable bonds is 2. The van der Waals surface area contributed by atoms with Crippen molar-refractivity contribution in [2.45, 2.75) is 38.1 Å². The van der Waals surface area contributed by atoms with Crippen molar-refractivity contribution in [3.8, 4) is 0 Å². The molecule has 1 aliphatic heterocycles. The molecular weight excluding hydrogens is 150 g/mol. The zero-order valence-corrected chi connectivity index (χ0v) is 7.54. The largest absolute Gasteiger partial charge is 0.303 e. The fourth-order valence-corrected chi connectivity index (χ4v) is 2.32. The Kier molecular flexibility index (Phi) is 2.45. The molecule has 0 bridgehead atoms. The Bertz CT molecular complexity index is 157. The van der Waals surface area contributed by atoms with E-state index in [1.807, 2.05) is 0 Å². The second kappa shape index (κ2) is 3.56. The molecule has 2 nitrogen and oxygen atoms in total. The molecule has 0 aromatic carbocycles. The lowest BCUT2D eigenvalue weighted by Crippen LogP contribution is -2.47. The van der Waals surface area contributed by atoms with E-state index in [0.29, 0.717) is 5.92 Å². The maximum absolute atomic E-state index is 10.4. The first-order valence-electron chi connectivity index (χ1n) is 5.09. The van der Waals surface area contributed by atoms with Gasteiger partial charge in [-0.15, -0.1) is 0 Å². The molecule has 2 aliphatic rings. The lowest BCUT2D eigenvalue weighted by molar-refractivity contribution is -0.115. The second-order valence-electron chi connectivity index (χ2n) is 4.12. The van der Waals surface area contributed by atoms with E-state index < -0.39 is 0 Å². The fraction of sp³-hybridized carbons (Fsp3) is 0.900. The van der Waals surface area contributed by atoms with Crippen molar-refractivity contribution < 1.29 is 4.79 Å². The third-order valence-electron chi connectivity index (χ3n) is 3.25. The van der Waals surface area contributed by atoms with Crippen molar-refractivity contribution in [2.75, 3.05) is 13.1 Å². The smallest absolute Gasteiger partial charge is 0.123 e. The van der Waals surface area contributed by atoms with Gasteiger partial charge in [0.1, 0.15) is 6.29 Å². The van der Waals surface area contributed by atoms with Gasteiger partial charge in [0.05, 0.1) is 0 Å². The van der Waals surface area contributed by atoms with Gasteiger partial charge in [-0.05, 0) is 38.8 Å². The lowest BCUT2D eigenvalue weighted by Gasteiger charge is -2.42. The first-order chi connectivity index (χ1) is 5.90. The van der Waals surface area contributed by atoms with Crippen molar-refractivity contribution in [3.05, 3.63) is 0 Å². The molecule has 0 spiro atoms. The summed E-state index contributed by atoms with van der Waals surface area (Å²) in [5.74, 6) is 0.386. The average molecular weight is 167 g/mol. The SMILES string of the molecule is O=CC1CC(N2CCCCC2)C1. The highest BCUT2D eigenvalue weighted by Crippen LogP contribution is 2.31. The van der Waals surface area contributed by atoms with Gasteiger partial charge in [-0.25, -0.2) is 0 Å². The molecule has 2 fully saturated rings. The van der Waals surface area contributed by atoms with Crippen LogP contribution in [0.1, 0.15) is 32.1 Å². The van der Waals surface area contributed by atoms with Gasteiger partial charge < -0.3 is 9.69 Å². The molecule has 1 aliphatic carbocycles. The topological polar surface area (TPSA) is 20.3 Å². The molecule has 0 aromatic rings. The average Bonchev–Trinajstić information content (AvgIpc) is 2.04. The van der Waals surface area contributed by atoms with Crippen molar-refractivity contribution >= 4 is 6.29 Å². The highest BCUT2D eigenvalue weighted by atomic mass is 16.1. The van der Waals surface area contributed by atoms with Crippen LogP contribution in [0, 0.1) is 5.92 Å². The molecule has 0 amide bonds. The molecule has 0 aromatic heterocycles. The Morgan fingerprint density at radius 3 is 2.33 bits per heavy atom. The molecule has 0 radical (unpaired) electrons. The maximum Gasteiger partial charge on any atom is 0.123 e. The van der Waals surface area contributed by atoms with Gasteiger partial charge in [0.15, 0.2) is 0 Å². The van der Waals surface area contributed by atoms with E-state index in [1.54, 1.807) is 0 Å². The van der Waals surface area contributed by atoms with E-state index in [-0.39, 0.29) is 0 Å². The predicted octanol–water partition coefficient (Wildman–Crippen LogP) is 1.45. The van der Waals surface area contributed by atoms with Crippen molar-refractivity contribution in [1.29, 1.82) is 0 Å². The first kappa shape index (κ1) is 8.24. The van der Waals surface area contributed by atoms with Crippen LogP contribution in [0.15, 0.2) is 0 Å². The van der Waals surface area contributed by atoms with Crippen LogP contribution in [-0.2, 0) is 4.79 Å². The number of likely N-dealkylation sites (tertiary alicyclic amines) is 1. The van der Waals surface area contributed by atoms with Crippen LogP contribution in [0.2, 0.25) is 0 Å². The fourth-order valence-electron chi connectivity index (χ4n) is 2.32. The molecule has 2 heteroatoms. The van der Waals surface area contributed by atoms with Crippen molar-refractivity contribution in [2.24, 2.45) is 5.92 Å². The Hall–Kier alpha value is -0.370. The van der Waals surface area contributed by atoms with Crippen molar-refractivity contribution in [1.82, 2.24) is 4.90 Å². The van der Waals surface area contributed by atoms with E-state index in [4.69, 9.17) is 0 Å². The number of piperidine rings is 1. The highest BCUT2D eigenvalue weighted by Gasteiger charge is 2.33. The quantitative estimate of drug-likeness (QED) is 0.580. The molecule has 1 saturated heterocycles. The molecule has 0 N–H and O–H groups in total. The Morgan fingerprint density at radius 2 is 1.75 bits per heavy atom. The zero-order chi connectivity index (χ0) is 8.39. The van der Waals surface area contributed by atoms with Gasteiger partial charge in [0, 0.05) is 12.0 Å². The Labute approximate surface area is 73.9 Å². The van der Waals surface area contributed by atoms with E-state index in [9.17, 15) is 4.79 Å². The van der Waals surface area contributed by atoms with Crippen LogP contribution in [0.3, 0.4) is 0 Å². The van der Waals surface area contributed by atoms with Gasteiger partial charge in [-0.2, -0.15) is 0 Å². The molecular formula is C10H17NO. The van der Waals surface area contributed by atoms with Crippen LogP contribution >= 0.6 is 0 Å². The number of aldehydes is 1. The zero-order valence-electron chi connectivity index (χ0n) is 7.54. The number of hydrogen-bond donors (Lipinski definition) is 0. The van der Waals surface area contributed by atoms with Crippen LogP contribution in [0.5, 0.6) is 0 Å². The first-order valence-corrected chi connectivity index (χ1v) is 5.09. The number of carbonyl (C=O) groups is 1. The monoisotopic (exact) mass is 167 g/mol. The lowest BCUT2D eigenvalue weighted by atomic mass is 9.80. The summed E-state index contributed by atoms with van der Waals surface area (Å²) in [5, 5.41) is 0. The maximum atomic E-state index is 10.4. The summed E-state index contributed by atoms with van der Waals surface area (Å²) in [4.78, 5) is 13.0. The third kappa shape index (κ3) is 1.53. The van der Waals surface area contributed by atoms with Crippen LogP contribution < -0.4 is 0 Å². The van der Waals surface area contributed by atoms with Gasteiger partial charge in [-0.3, -0.25) is 0 Å². The highest BCUT2D eigenvalue weighted by molar-refractivity contribution is 5.55. The van der Waals surface area contributed by atoms with Gasteiger partial charge in [-0.1, -0.05) is 6.42 Å². The van der Waals surface area contributed by atoms with Gasteiger partial charge in [0.2, 0.25) is 0 Å². The summed E-state index contributed by atoms with van der Waals surface area (Å²) in [5.41, 5.74) is 0. The molecule has 0 unspecified atom stereocenters. The van der Waals surface area contributed by atoms with Gasteiger partial charge in [0.25, 0.3) is 0 Å². The summed E-state index contributed by atoms with van der Waals surface area (Å²) < 4.78 is 0. The Morgan fingerprint density at radius 1 is 1.08 bits per heavy atom. The Balaban J connectivity index is 1.75.